The normalized spacial score (nSPS) is 10.8. The van der Waals surface area contributed by atoms with Gasteiger partial charge in [-0.1, -0.05) is 11.6 Å². The summed E-state index contributed by atoms with van der Waals surface area (Å²) < 4.78 is 1.16. The Bertz CT molecular complexity index is 882. The van der Waals surface area contributed by atoms with E-state index in [1.54, 1.807) is 31.2 Å². The van der Waals surface area contributed by atoms with Crippen molar-refractivity contribution in [2.24, 2.45) is 0 Å². The lowest BCUT2D eigenvalue weighted by Crippen LogP contribution is -2.15. The van der Waals surface area contributed by atoms with Crippen molar-refractivity contribution in [3.63, 3.8) is 0 Å². The van der Waals surface area contributed by atoms with Gasteiger partial charge < -0.3 is 0 Å². The summed E-state index contributed by atoms with van der Waals surface area (Å²) >= 11 is 5.77. The number of amides is 1. The molecule has 0 aliphatic rings. The zero-order valence-corrected chi connectivity index (χ0v) is 11.7. The number of carbonyl (C=O) groups excluding carboxylic acids is 1. The van der Waals surface area contributed by atoms with Crippen molar-refractivity contribution >= 4 is 29.2 Å². The lowest BCUT2D eigenvalue weighted by Gasteiger charge is -2.01. The number of carbonyl (C=O) groups is 1. The molecule has 8 heteroatoms. The van der Waals surface area contributed by atoms with Crippen molar-refractivity contribution in [3.8, 4) is 0 Å². The van der Waals surface area contributed by atoms with E-state index in [-0.39, 0.29) is 23.2 Å². The van der Waals surface area contributed by atoms with E-state index in [0.717, 1.165) is 4.52 Å². The number of hydrogen-bond acceptors (Lipinski definition) is 4. The molecule has 0 bridgehead atoms. The average Bonchev–Trinajstić information content (AvgIpc) is 2.82. The number of anilines is 1. The van der Waals surface area contributed by atoms with Crippen molar-refractivity contribution in [2.75, 3.05) is 5.32 Å². The molecule has 21 heavy (non-hydrogen) atoms. The summed E-state index contributed by atoms with van der Waals surface area (Å²) in [5, 5.41) is 5.78. The van der Waals surface area contributed by atoms with Crippen LogP contribution in [0.25, 0.3) is 5.78 Å². The van der Waals surface area contributed by atoms with Crippen molar-refractivity contribution in [2.45, 2.75) is 6.92 Å². The van der Waals surface area contributed by atoms with Crippen LogP contribution >= 0.6 is 11.6 Å². The van der Waals surface area contributed by atoms with Gasteiger partial charge in [0.25, 0.3) is 17.2 Å². The van der Waals surface area contributed by atoms with Crippen molar-refractivity contribution < 1.29 is 4.79 Å². The minimum atomic E-state index is -0.365. The van der Waals surface area contributed by atoms with Crippen LogP contribution in [-0.4, -0.2) is 25.5 Å². The SMILES string of the molecule is Cc1cc(=O)n2[nH]c(NC(=O)c3ccc(Cl)cc3)nc2n1. The van der Waals surface area contributed by atoms with Gasteiger partial charge in [-0.3, -0.25) is 20.0 Å². The predicted octanol–water partition coefficient (Wildman–Crippen LogP) is 1.63. The van der Waals surface area contributed by atoms with E-state index in [2.05, 4.69) is 20.4 Å². The van der Waals surface area contributed by atoms with Gasteiger partial charge in [0, 0.05) is 22.3 Å². The van der Waals surface area contributed by atoms with Gasteiger partial charge in [-0.2, -0.15) is 9.50 Å². The number of nitrogens with zero attached hydrogens (tertiary/aromatic N) is 3. The van der Waals surface area contributed by atoms with Crippen LogP contribution in [0.1, 0.15) is 16.1 Å². The molecule has 106 valence electrons. The highest BCUT2D eigenvalue weighted by Crippen LogP contribution is 2.11. The monoisotopic (exact) mass is 303 g/mol. The Morgan fingerprint density at radius 1 is 1.29 bits per heavy atom. The Balaban J connectivity index is 1.91. The van der Waals surface area contributed by atoms with Crippen LogP contribution in [0.3, 0.4) is 0 Å². The largest absolute Gasteiger partial charge is 0.291 e. The van der Waals surface area contributed by atoms with Gasteiger partial charge in [0.05, 0.1) is 0 Å². The van der Waals surface area contributed by atoms with Crippen molar-refractivity contribution in [3.05, 3.63) is 57.0 Å². The number of H-pyrrole nitrogens is 1. The van der Waals surface area contributed by atoms with E-state index in [4.69, 9.17) is 11.6 Å². The van der Waals surface area contributed by atoms with Crippen LogP contribution in [0, 0.1) is 6.92 Å². The van der Waals surface area contributed by atoms with Crippen LogP contribution < -0.4 is 10.9 Å². The third-order valence-corrected chi connectivity index (χ3v) is 3.05. The number of aromatic nitrogens is 4. The number of nitrogens with one attached hydrogen (secondary N) is 2. The Kier molecular flexibility index (Phi) is 3.19. The Morgan fingerprint density at radius 2 is 2.00 bits per heavy atom. The first-order valence-electron chi connectivity index (χ1n) is 6.06. The number of aromatic amines is 1. The molecule has 0 unspecified atom stereocenters. The molecule has 0 radical (unpaired) electrons. The topological polar surface area (TPSA) is 92.2 Å². The van der Waals surface area contributed by atoms with Gasteiger partial charge in [-0.15, -0.1) is 0 Å². The molecular formula is C13H10ClN5O2. The fraction of sp³-hybridized carbons (Fsp3) is 0.0769. The van der Waals surface area contributed by atoms with E-state index in [9.17, 15) is 9.59 Å². The minimum absolute atomic E-state index is 0.144. The number of hydrogen-bond donors (Lipinski definition) is 2. The lowest BCUT2D eigenvalue weighted by molar-refractivity contribution is 0.102. The second-order valence-corrected chi connectivity index (χ2v) is 4.84. The molecule has 1 amide bonds. The van der Waals surface area contributed by atoms with Gasteiger partial charge >= 0.3 is 0 Å². The van der Waals surface area contributed by atoms with Crippen LogP contribution in [-0.2, 0) is 0 Å². The van der Waals surface area contributed by atoms with E-state index in [0.29, 0.717) is 16.3 Å². The van der Waals surface area contributed by atoms with E-state index in [1.165, 1.54) is 6.07 Å². The van der Waals surface area contributed by atoms with Gasteiger partial charge in [-0.05, 0) is 31.2 Å². The molecule has 2 N–H and O–H groups in total. The number of rotatable bonds is 2. The molecule has 0 fully saturated rings. The van der Waals surface area contributed by atoms with Crippen molar-refractivity contribution in [1.29, 1.82) is 0 Å². The van der Waals surface area contributed by atoms with Gasteiger partial charge in [-0.25, -0.2) is 4.98 Å². The Hall–Kier alpha value is -2.67. The molecule has 3 rings (SSSR count). The average molecular weight is 304 g/mol. The highest BCUT2D eigenvalue weighted by Gasteiger charge is 2.11. The molecule has 7 nitrogen and oxygen atoms in total. The predicted molar refractivity (Wildman–Crippen MR) is 77.7 cm³/mol. The van der Waals surface area contributed by atoms with E-state index in [1.807, 2.05) is 0 Å². The molecule has 0 saturated carbocycles. The van der Waals surface area contributed by atoms with E-state index >= 15 is 0 Å². The van der Waals surface area contributed by atoms with Crippen LogP contribution in [0.2, 0.25) is 5.02 Å². The first-order chi connectivity index (χ1) is 10.0. The van der Waals surface area contributed by atoms with Crippen LogP contribution in [0.4, 0.5) is 5.95 Å². The van der Waals surface area contributed by atoms with Crippen LogP contribution in [0.15, 0.2) is 35.1 Å². The van der Waals surface area contributed by atoms with E-state index < -0.39 is 0 Å². The molecule has 3 aromatic rings. The zero-order valence-electron chi connectivity index (χ0n) is 10.9. The first-order valence-corrected chi connectivity index (χ1v) is 6.44. The Morgan fingerprint density at radius 3 is 2.71 bits per heavy atom. The Labute approximate surface area is 123 Å². The quantitative estimate of drug-likeness (QED) is 0.752. The maximum absolute atomic E-state index is 12.0. The molecule has 0 aliphatic heterocycles. The highest BCUT2D eigenvalue weighted by atomic mass is 35.5. The molecule has 0 aliphatic carbocycles. The third-order valence-electron chi connectivity index (χ3n) is 2.80. The van der Waals surface area contributed by atoms with Crippen LogP contribution in [0.5, 0.6) is 0 Å². The van der Waals surface area contributed by atoms with Gasteiger partial charge in [0.2, 0.25) is 5.95 Å². The fourth-order valence-electron chi connectivity index (χ4n) is 1.83. The number of benzene rings is 1. The summed E-state index contributed by atoms with van der Waals surface area (Å²) in [5.74, 6) is -0.0213. The third kappa shape index (κ3) is 2.63. The molecule has 0 spiro atoms. The molecule has 2 aromatic heterocycles. The number of fused-ring (bicyclic) bond motifs is 1. The standard InChI is InChI=1S/C13H10ClN5O2/c1-7-6-10(20)19-13(15-7)17-12(18-19)16-11(21)8-2-4-9(14)5-3-8/h2-6H,1H3,(H2,15,16,17,18,21). The maximum Gasteiger partial charge on any atom is 0.274 e. The second kappa shape index (κ2) is 5.02. The zero-order chi connectivity index (χ0) is 15.0. The summed E-state index contributed by atoms with van der Waals surface area (Å²) in [4.78, 5) is 31.9. The summed E-state index contributed by atoms with van der Waals surface area (Å²) in [6.45, 7) is 1.70. The molecule has 2 heterocycles. The van der Waals surface area contributed by atoms with Crippen molar-refractivity contribution in [1.82, 2.24) is 19.6 Å². The summed E-state index contributed by atoms with van der Waals surface area (Å²) in [6.07, 6.45) is 0. The number of aryl methyl sites for hydroxylation is 1. The molecule has 0 atom stereocenters. The van der Waals surface area contributed by atoms with Gasteiger partial charge in [0.1, 0.15) is 0 Å². The summed E-state index contributed by atoms with van der Waals surface area (Å²) in [7, 11) is 0. The fourth-order valence-corrected chi connectivity index (χ4v) is 1.96. The summed E-state index contributed by atoms with van der Waals surface area (Å²) in [6, 6.07) is 7.79. The smallest absolute Gasteiger partial charge is 0.274 e. The highest BCUT2D eigenvalue weighted by molar-refractivity contribution is 6.30. The molecule has 0 saturated heterocycles. The maximum atomic E-state index is 12.0. The summed E-state index contributed by atoms with van der Waals surface area (Å²) in [5.41, 5.74) is 0.690. The minimum Gasteiger partial charge on any atom is -0.291 e. The molecule has 1 aromatic carbocycles. The lowest BCUT2D eigenvalue weighted by atomic mass is 10.2. The second-order valence-electron chi connectivity index (χ2n) is 4.40. The first kappa shape index (κ1) is 13.3. The number of halogens is 1. The molecular weight excluding hydrogens is 294 g/mol. The van der Waals surface area contributed by atoms with Gasteiger partial charge in [0.15, 0.2) is 0 Å².